The van der Waals surface area contributed by atoms with E-state index in [0.29, 0.717) is 12.5 Å². The molecule has 0 bridgehead atoms. The highest BCUT2D eigenvalue weighted by molar-refractivity contribution is 5.81. The van der Waals surface area contributed by atoms with E-state index in [0.717, 1.165) is 19.4 Å². The summed E-state index contributed by atoms with van der Waals surface area (Å²) in [5.41, 5.74) is 2.76. The van der Waals surface area contributed by atoms with Crippen LogP contribution >= 0.6 is 0 Å². The number of ether oxygens (including phenoxy) is 1. The van der Waals surface area contributed by atoms with Crippen molar-refractivity contribution in [3.8, 4) is 0 Å². The lowest BCUT2D eigenvalue weighted by molar-refractivity contribution is -0.141. The molecule has 1 aromatic carbocycles. The van der Waals surface area contributed by atoms with Gasteiger partial charge in [-0.2, -0.15) is 0 Å². The first-order chi connectivity index (χ1) is 9.24. The molecule has 0 amide bonds. The van der Waals surface area contributed by atoms with Crippen molar-refractivity contribution in [1.29, 1.82) is 0 Å². The van der Waals surface area contributed by atoms with Crippen LogP contribution in [0.3, 0.4) is 0 Å². The second-order valence-corrected chi connectivity index (χ2v) is 5.34. The largest absolute Gasteiger partial charge is 0.466 e. The minimum Gasteiger partial charge on any atom is -0.466 e. The molecular formula is C16H19NO2. The fourth-order valence-electron chi connectivity index (χ4n) is 3.00. The smallest absolute Gasteiger partial charge is 0.302 e. The van der Waals surface area contributed by atoms with Gasteiger partial charge in [0.1, 0.15) is 0 Å². The van der Waals surface area contributed by atoms with Gasteiger partial charge in [0.05, 0.1) is 6.61 Å². The van der Waals surface area contributed by atoms with E-state index in [1.54, 1.807) is 0 Å². The van der Waals surface area contributed by atoms with Gasteiger partial charge in [-0.25, -0.2) is 0 Å². The summed E-state index contributed by atoms with van der Waals surface area (Å²) < 4.78 is 7.48. The Balaban J connectivity index is 1.74. The maximum atomic E-state index is 10.8. The molecule has 2 heterocycles. The summed E-state index contributed by atoms with van der Waals surface area (Å²) in [5.74, 6) is 0.436. The van der Waals surface area contributed by atoms with Crippen LogP contribution in [0.25, 0.3) is 10.9 Å². The van der Waals surface area contributed by atoms with Crippen molar-refractivity contribution in [2.75, 3.05) is 6.61 Å². The molecule has 1 atom stereocenters. The average molecular weight is 257 g/mol. The summed E-state index contributed by atoms with van der Waals surface area (Å²) in [6, 6.07) is 10.9. The van der Waals surface area contributed by atoms with Gasteiger partial charge in [0.15, 0.2) is 0 Å². The highest BCUT2D eigenvalue weighted by Gasteiger charge is 2.20. The number of fused-ring (bicyclic) bond motifs is 3. The third-order valence-corrected chi connectivity index (χ3v) is 3.98. The van der Waals surface area contributed by atoms with Gasteiger partial charge in [0.2, 0.25) is 0 Å². The molecule has 0 saturated carbocycles. The molecule has 1 unspecified atom stereocenters. The number of hydrogen-bond acceptors (Lipinski definition) is 2. The lowest BCUT2D eigenvalue weighted by atomic mass is 9.95. The van der Waals surface area contributed by atoms with Crippen LogP contribution in [-0.2, 0) is 22.5 Å². The van der Waals surface area contributed by atoms with Crippen molar-refractivity contribution in [3.63, 3.8) is 0 Å². The van der Waals surface area contributed by atoms with Crippen LogP contribution in [0.2, 0.25) is 0 Å². The SMILES string of the molecule is CC(=O)OCCC1CCc2cc3ccccc3n2C1. The molecule has 19 heavy (non-hydrogen) atoms. The van der Waals surface area contributed by atoms with Crippen molar-refractivity contribution in [3.05, 3.63) is 36.0 Å². The number of benzene rings is 1. The Morgan fingerprint density at radius 3 is 3.11 bits per heavy atom. The predicted molar refractivity (Wildman–Crippen MR) is 75.0 cm³/mol. The number of esters is 1. The van der Waals surface area contributed by atoms with E-state index in [9.17, 15) is 4.79 Å². The number of hydrogen-bond donors (Lipinski definition) is 0. The van der Waals surface area contributed by atoms with Crippen LogP contribution in [0.5, 0.6) is 0 Å². The first kappa shape index (κ1) is 12.3. The van der Waals surface area contributed by atoms with Crippen molar-refractivity contribution in [2.24, 2.45) is 5.92 Å². The van der Waals surface area contributed by atoms with Gasteiger partial charge >= 0.3 is 5.97 Å². The fourth-order valence-corrected chi connectivity index (χ4v) is 3.00. The van der Waals surface area contributed by atoms with E-state index >= 15 is 0 Å². The number of aromatic nitrogens is 1. The first-order valence-electron chi connectivity index (χ1n) is 6.94. The first-order valence-corrected chi connectivity index (χ1v) is 6.94. The van der Waals surface area contributed by atoms with E-state index in [1.165, 1.54) is 29.9 Å². The maximum Gasteiger partial charge on any atom is 0.302 e. The van der Waals surface area contributed by atoms with Crippen LogP contribution in [0, 0.1) is 5.92 Å². The van der Waals surface area contributed by atoms with E-state index < -0.39 is 0 Å². The summed E-state index contributed by atoms with van der Waals surface area (Å²) >= 11 is 0. The van der Waals surface area contributed by atoms with E-state index in [2.05, 4.69) is 34.9 Å². The van der Waals surface area contributed by atoms with Crippen molar-refractivity contribution in [1.82, 2.24) is 4.57 Å². The van der Waals surface area contributed by atoms with Crippen molar-refractivity contribution in [2.45, 2.75) is 32.7 Å². The standard InChI is InChI=1S/C16H19NO2/c1-12(18)19-9-8-13-6-7-15-10-14-4-2-3-5-16(14)17(15)11-13/h2-5,10,13H,6-9,11H2,1H3. The van der Waals surface area contributed by atoms with Crippen molar-refractivity contribution < 1.29 is 9.53 Å². The molecule has 0 aliphatic carbocycles. The minimum absolute atomic E-state index is 0.178. The van der Waals surface area contributed by atoms with Gasteiger partial charge in [-0.3, -0.25) is 4.79 Å². The molecule has 3 nitrogen and oxygen atoms in total. The van der Waals surface area contributed by atoms with Gasteiger partial charge in [-0.15, -0.1) is 0 Å². The zero-order valence-corrected chi connectivity index (χ0v) is 11.3. The summed E-state index contributed by atoms with van der Waals surface area (Å²) in [4.78, 5) is 10.8. The number of carbonyl (C=O) groups excluding carboxylic acids is 1. The molecule has 100 valence electrons. The summed E-state index contributed by atoms with van der Waals surface area (Å²) in [6.07, 6.45) is 3.28. The van der Waals surface area contributed by atoms with Gasteiger partial charge in [-0.05, 0) is 42.7 Å². The molecule has 1 aliphatic heterocycles. The molecule has 3 heteroatoms. The molecule has 1 aromatic heterocycles. The summed E-state index contributed by atoms with van der Waals surface area (Å²) in [5, 5.41) is 1.33. The molecule has 2 aromatic rings. The molecular weight excluding hydrogens is 238 g/mol. The Hall–Kier alpha value is -1.77. The highest BCUT2D eigenvalue weighted by Crippen LogP contribution is 2.29. The Labute approximate surface area is 113 Å². The van der Waals surface area contributed by atoms with Crippen LogP contribution in [0.15, 0.2) is 30.3 Å². The van der Waals surface area contributed by atoms with Gasteiger partial charge in [-0.1, -0.05) is 18.2 Å². The molecule has 0 saturated heterocycles. The number of carbonyl (C=O) groups is 1. The van der Waals surface area contributed by atoms with Crippen LogP contribution < -0.4 is 0 Å². The lowest BCUT2D eigenvalue weighted by Gasteiger charge is -2.25. The predicted octanol–water partition coefficient (Wildman–Crippen LogP) is 3.16. The minimum atomic E-state index is -0.178. The molecule has 0 radical (unpaired) electrons. The summed E-state index contributed by atoms with van der Waals surface area (Å²) in [7, 11) is 0. The number of rotatable bonds is 3. The third kappa shape index (κ3) is 2.50. The second kappa shape index (κ2) is 5.08. The van der Waals surface area contributed by atoms with Crippen molar-refractivity contribution >= 4 is 16.9 Å². The molecule has 3 rings (SSSR count). The molecule has 0 fully saturated rings. The molecule has 1 aliphatic rings. The zero-order valence-electron chi connectivity index (χ0n) is 11.3. The Bertz CT molecular complexity index is 600. The third-order valence-electron chi connectivity index (χ3n) is 3.98. The molecule has 0 spiro atoms. The van der Waals surface area contributed by atoms with Crippen LogP contribution in [-0.4, -0.2) is 17.1 Å². The average Bonchev–Trinajstić information content (AvgIpc) is 2.76. The Morgan fingerprint density at radius 2 is 2.26 bits per heavy atom. The summed E-state index contributed by atoms with van der Waals surface area (Å²) in [6.45, 7) is 3.07. The van der Waals surface area contributed by atoms with Crippen LogP contribution in [0.1, 0.15) is 25.5 Å². The quantitative estimate of drug-likeness (QED) is 0.791. The highest BCUT2D eigenvalue weighted by atomic mass is 16.5. The van der Waals surface area contributed by atoms with Gasteiger partial charge < -0.3 is 9.30 Å². The van der Waals surface area contributed by atoms with Gasteiger partial charge in [0.25, 0.3) is 0 Å². The second-order valence-electron chi connectivity index (χ2n) is 5.34. The van der Waals surface area contributed by atoms with E-state index in [4.69, 9.17) is 4.74 Å². The van der Waals surface area contributed by atoms with E-state index in [-0.39, 0.29) is 5.97 Å². The lowest BCUT2D eigenvalue weighted by Crippen LogP contribution is -2.21. The number of nitrogens with zero attached hydrogens (tertiary/aromatic N) is 1. The van der Waals surface area contributed by atoms with Gasteiger partial charge in [0, 0.05) is 24.7 Å². The topological polar surface area (TPSA) is 31.2 Å². The number of aryl methyl sites for hydroxylation is 1. The normalized spacial score (nSPS) is 18.3. The molecule has 0 N–H and O–H groups in total. The zero-order chi connectivity index (χ0) is 13.2. The number of para-hydroxylation sites is 1. The maximum absolute atomic E-state index is 10.8. The fraction of sp³-hybridized carbons (Fsp3) is 0.438. The monoisotopic (exact) mass is 257 g/mol. The van der Waals surface area contributed by atoms with Crippen LogP contribution in [0.4, 0.5) is 0 Å². The Morgan fingerprint density at radius 1 is 1.42 bits per heavy atom. The van der Waals surface area contributed by atoms with E-state index in [1.807, 2.05) is 0 Å². The Kier molecular flexibility index (Phi) is 3.28.